The molecule has 0 aromatic rings. The summed E-state index contributed by atoms with van der Waals surface area (Å²) in [5.41, 5.74) is 0.227. The highest BCUT2D eigenvalue weighted by Crippen LogP contribution is 2.27. The van der Waals surface area contributed by atoms with Crippen LogP contribution in [-0.4, -0.2) is 49.3 Å². The number of likely N-dealkylation sites (tertiary alicyclic amines) is 1. The lowest BCUT2D eigenvalue weighted by Crippen LogP contribution is -2.62. The zero-order valence-corrected chi connectivity index (χ0v) is 13.5. The molecule has 1 fully saturated rings. The Labute approximate surface area is 120 Å². The average molecular weight is 270 g/mol. The second-order valence-electron chi connectivity index (χ2n) is 5.92. The standard InChI is InChI=1S/C16H34N2O/c1-5-11-17-15(14-19-7-3)16(4,6-2)18-12-9-8-10-13-18/h15,17H,5-14H2,1-4H3. The molecule has 1 rings (SSSR count). The molecule has 0 radical (unpaired) electrons. The monoisotopic (exact) mass is 270 g/mol. The predicted octanol–water partition coefficient (Wildman–Crippen LogP) is 3.05. The smallest absolute Gasteiger partial charge is 0.0637 e. The molecule has 1 N–H and O–H groups in total. The summed E-state index contributed by atoms with van der Waals surface area (Å²) in [5, 5.41) is 3.73. The van der Waals surface area contributed by atoms with Gasteiger partial charge in [-0.1, -0.05) is 20.3 Å². The van der Waals surface area contributed by atoms with Crippen LogP contribution in [0.2, 0.25) is 0 Å². The lowest BCUT2D eigenvalue weighted by atomic mass is 9.85. The van der Waals surface area contributed by atoms with E-state index in [0.717, 1.165) is 19.8 Å². The highest BCUT2D eigenvalue weighted by Gasteiger charge is 2.38. The van der Waals surface area contributed by atoms with E-state index in [9.17, 15) is 0 Å². The summed E-state index contributed by atoms with van der Waals surface area (Å²) in [4.78, 5) is 2.70. The van der Waals surface area contributed by atoms with Crippen LogP contribution in [0.15, 0.2) is 0 Å². The van der Waals surface area contributed by atoms with E-state index in [0.29, 0.717) is 6.04 Å². The van der Waals surface area contributed by atoms with E-state index in [4.69, 9.17) is 4.74 Å². The SMILES string of the molecule is CCCNC(COCC)C(C)(CC)N1CCCCC1. The third kappa shape index (κ3) is 4.73. The fourth-order valence-corrected chi connectivity index (χ4v) is 3.11. The van der Waals surface area contributed by atoms with Crippen LogP contribution in [0.25, 0.3) is 0 Å². The first-order valence-electron chi connectivity index (χ1n) is 8.25. The summed E-state index contributed by atoms with van der Waals surface area (Å²) in [6, 6.07) is 0.440. The number of hydrogen-bond donors (Lipinski definition) is 1. The topological polar surface area (TPSA) is 24.5 Å². The minimum absolute atomic E-state index is 0.227. The van der Waals surface area contributed by atoms with E-state index >= 15 is 0 Å². The Balaban J connectivity index is 2.71. The Morgan fingerprint density at radius 3 is 2.37 bits per heavy atom. The van der Waals surface area contributed by atoms with Gasteiger partial charge in [0.1, 0.15) is 0 Å². The second kappa shape index (κ2) is 8.93. The second-order valence-corrected chi connectivity index (χ2v) is 5.92. The van der Waals surface area contributed by atoms with Gasteiger partial charge in [-0.05, 0) is 59.2 Å². The van der Waals surface area contributed by atoms with Crippen LogP contribution in [0.4, 0.5) is 0 Å². The van der Waals surface area contributed by atoms with Gasteiger partial charge in [0.05, 0.1) is 6.61 Å². The minimum Gasteiger partial charge on any atom is -0.380 e. The molecule has 1 aliphatic heterocycles. The molecule has 0 aromatic carbocycles. The fourth-order valence-electron chi connectivity index (χ4n) is 3.11. The Kier molecular flexibility index (Phi) is 7.96. The van der Waals surface area contributed by atoms with Crippen molar-refractivity contribution in [3.8, 4) is 0 Å². The van der Waals surface area contributed by atoms with Crippen LogP contribution >= 0.6 is 0 Å². The molecule has 2 unspecified atom stereocenters. The van der Waals surface area contributed by atoms with Gasteiger partial charge in [0.15, 0.2) is 0 Å². The maximum Gasteiger partial charge on any atom is 0.0637 e. The molecular weight excluding hydrogens is 236 g/mol. The van der Waals surface area contributed by atoms with Gasteiger partial charge in [-0.15, -0.1) is 0 Å². The molecule has 0 saturated carbocycles. The Morgan fingerprint density at radius 1 is 1.16 bits per heavy atom. The summed E-state index contributed by atoms with van der Waals surface area (Å²) in [7, 11) is 0. The summed E-state index contributed by atoms with van der Waals surface area (Å²) >= 11 is 0. The van der Waals surface area contributed by atoms with E-state index in [1.165, 1.54) is 45.2 Å². The van der Waals surface area contributed by atoms with Gasteiger partial charge in [-0.25, -0.2) is 0 Å². The van der Waals surface area contributed by atoms with Gasteiger partial charge >= 0.3 is 0 Å². The van der Waals surface area contributed by atoms with Crippen LogP contribution < -0.4 is 5.32 Å². The van der Waals surface area contributed by atoms with Crippen LogP contribution in [0.5, 0.6) is 0 Å². The summed E-state index contributed by atoms with van der Waals surface area (Å²) in [6.07, 6.45) is 6.47. The number of piperidine rings is 1. The first kappa shape index (κ1) is 16.9. The Hall–Kier alpha value is -0.120. The van der Waals surface area contributed by atoms with E-state index in [1.54, 1.807) is 0 Å². The molecule has 0 amide bonds. The summed E-state index contributed by atoms with van der Waals surface area (Å²) in [5.74, 6) is 0. The van der Waals surface area contributed by atoms with Crippen LogP contribution in [-0.2, 0) is 4.74 Å². The highest BCUT2D eigenvalue weighted by atomic mass is 16.5. The highest BCUT2D eigenvalue weighted by molar-refractivity contribution is 4.97. The number of rotatable bonds is 9. The van der Waals surface area contributed by atoms with Gasteiger partial charge in [0, 0.05) is 18.2 Å². The largest absolute Gasteiger partial charge is 0.380 e. The fraction of sp³-hybridized carbons (Fsp3) is 1.00. The summed E-state index contributed by atoms with van der Waals surface area (Å²) < 4.78 is 5.74. The van der Waals surface area contributed by atoms with Crippen molar-refractivity contribution in [3.05, 3.63) is 0 Å². The molecule has 3 nitrogen and oxygen atoms in total. The van der Waals surface area contributed by atoms with Crippen molar-refractivity contribution in [2.75, 3.05) is 32.8 Å². The number of nitrogens with zero attached hydrogens (tertiary/aromatic N) is 1. The zero-order valence-electron chi connectivity index (χ0n) is 13.5. The molecule has 19 heavy (non-hydrogen) atoms. The van der Waals surface area contributed by atoms with Gasteiger partial charge in [0.25, 0.3) is 0 Å². The molecule has 0 bridgehead atoms. The maximum atomic E-state index is 5.74. The van der Waals surface area contributed by atoms with Crippen molar-refractivity contribution in [3.63, 3.8) is 0 Å². The van der Waals surface area contributed by atoms with Gasteiger partial charge in [-0.3, -0.25) is 4.90 Å². The van der Waals surface area contributed by atoms with Crippen molar-refractivity contribution < 1.29 is 4.74 Å². The predicted molar refractivity (Wildman–Crippen MR) is 82.7 cm³/mol. The quantitative estimate of drug-likeness (QED) is 0.697. The number of ether oxygens (including phenoxy) is 1. The molecular formula is C16H34N2O. The van der Waals surface area contributed by atoms with E-state index in [2.05, 4.69) is 37.9 Å². The normalized spacial score (nSPS) is 22.1. The first-order chi connectivity index (χ1) is 9.19. The number of hydrogen-bond acceptors (Lipinski definition) is 3. The third-order valence-corrected chi connectivity index (χ3v) is 4.67. The molecule has 1 saturated heterocycles. The van der Waals surface area contributed by atoms with Gasteiger partial charge in [-0.2, -0.15) is 0 Å². The minimum atomic E-state index is 0.227. The van der Waals surface area contributed by atoms with E-state index < -0.39 is 0 Å². The van der Waals surface area contributed by atoms with Crippen molar-refractivity contribution in [2.24, 2.45) is 0 Å². The van der Waals surface area contributed by atoms with Crippen molar-refractivity contribution >= 4 is 0 Å². The average Bonchev–Trinajstić information content (AvgIpc) is 2.47. The molecule has 2 atom stereocenters. The lowest BCUT2D eigenvalue weighted by Gasteiger charge is -2.48. The van der Waals surface area contributed by atoms with Gasteiger partial charge in [0.2, 0.25) is 0 Å². The van der Waals surface area contributed by atoms with Crippen LogP contribution in [0.1, 0.15) is 59.8 Å². The van der Waals surface area contributed by atoms with Crippen molar-refractivity contribution in [1.82, 2.24) is 10.2 Å². The Bertz CT molecular complexity index is 221. The molecule has 1 heterocycles. The zero-order chi connectivity index (χ0) is 14.1. The summed E-state index contributed by atoms with van der Waals surface area (Å²) in [6.45, 7) is 14.3. The molecule has 0 aliphatic carbocycles. The molecule has 0 aromatic heterocycles. The first-order valence-corrected chi connectivity index (χ1v) is 8.25. The maximum absolute atomic E-state index is 5.74. The number of nitrogens with one attached hydrogen (secondary N) is 1. The van der Waals surface area contributed by atoms with Crippen LogP contribution in [0.3, 0.4) is 0 Å². The van der Waals surface area contributed by atoms with Gasteiger partial charge < -0.3 is 10.1 Å². The van der Waals surface area contributed by atoms with Crippen molar-refractivity contribution in [2.45, 2.75) is 71.4 Å². The molecule has 114 valence electrons. The third-order valence-electron chi connectivity index (χ3n) is 4.67. The van der Waals surface area contributed by atoms with E-state index in [1.807, 2.05) is 0 Å². The molecule has 1 aliphatic rings. The Morgan fingerprint density at radius 2 is 1.84 bits per heavy atom. The molecule has 3 heteroatoms. The lowest BCUT2D eigenvalue weighted by molar-refractivity contribution is 0.00516. The van der Waals surface area contributed by atoms with Crippen molar-refractivity contribution in [1.29, 1.82) is 0 Å². The molecule has 0 spiro atoms. The van der Waals surface area contributed by atoms with Crippen LogP contribution in [0, 0.1) is 0 Å². The van der Waals surface area contributed by atoms with E-state index in [-0.39, 0.29) is 5.54 Å².